The third-order valence-corrected chi connectivity index (χ3v) is 5.07. The Hall–Kier alpha value is -3.67. The fraction of sp³-hybridized carbons (Fsp3) is 0.167. The average Bonchev–Trinajstić information content (AvgIpc) is 2.77. The molecular formula is C24H21FN2O3. The van der Waals surface area contributed by atoms with Gasteiger partial charge in [0.25, 0.3) is 0 Å². The van der Waals surface area contributed by atoms with E-state index < -0.39 is 23.6 Å². The molecule has 2 unspecified atom stereocenters. The van der Waals surface area contributed by atoms with E-state index in [1.54, 1.807) is 13.0 Å². The predicted molar refractivity (Wildman–Crippen MR) is 113 cm³/mol. The Morgan fingerprint density at radius 2 is 1.70 bits per heavy atom. The topological polar surface area (TPSA) is 70.9 Å². The van der Waals surface area contributed by atoms with Gasteiger partial charge >= 0.3 is 6.03 Å². The Labute approximate surface area is 173 Å². The van der Waals surface area contributed by atoms with Gasteiger partial charge in [0.05, 0.1) is 24.3 Å². The van der Waals surface area contributed by atoms with Gasteiger partial charge in [-0.2, -0.15) is 4.99 Å². The number of hydrogen-bond acceptors (Lipinski definition) is 3. The maximum Gasteiger partial charge on any atom is 0.341 e. The van der Waals surface area contributed by atoms with Crippen molar-refractivity contribution in [2.24, 2.45) is 4.99 Å². The van der Waals surface area contributed by atoms with E-state index in [1.165, 1.54) is 6.07 Å². The number of carbonyl (C=O) groups excluding carboxylic acids is 1. The lowest BCUT2D eigenvalue weighted by Crippen LogP contribution is -2.40. The molecule has 0 saturated carbocycles. The van der Waals surface area contributed by atoms with Crippen LogP contribution >= 0.6 is 0 Å². The molecule has 1 aliphatic rings. The van der Waals surface area contributed by atoms with Crippen molar-refractivity contribution >= 4 is 11.7 Å². The van der Waals surface area contributed by atoms with E-state index >= 15 is 0 Å². The molecule has 152 valence electrons. The first kappa shape index (κ1) is 19.6. The maximum absolute atomic E-state index is 14.5. The first-order valence-corrected chi connectivity index (χ1v) is 9.73. The first-order chi connectivity index (χ1) is 14.6. The molecule has 0 aliphatic carbocycles. The monoisotopic (exact) mass is 404 g/mol. The quantitative estimate of drug-likeness (QED) is 0.631. The number of phenols is 1. The number of nitrogens with zero attached hydrogens (tertiary/aromatic N) is 1. The van der Waals surface area contributed by atoms with Crippen LogP contribution in [0.1, 0.15) is 35.6 Å². The second kappa shape index (κ2) is 8.37. The van der Waals surface area contributed by atoms with Crippen molar-refractivity contribution in [2.45, 2.75) is 18.9 Å². The van der Waals surface area contributed by atoms with Crippen LogP contribution in [0.4, 0.5) is 9.18 Å². The van der Waals surface area contributed by atoms with Crippen LogP contribution in [0.2, 0.25) is 0 Å². The van der Waals surface area contributed by atoms with Crippen LogP contribution in [-0.4, -0.2) is 23.5 Å². The van der Waals surface area contributed by atoms with E-state index in [2.05, 4.69) is 10.3 Å². The Morgan fingerprint density at radius 3 is 2.37 bits per heavy atom. The summed E-state index contributed by atoms with van der Waals surface area (Å²) in [6, 6.07) is 20.8. The number of amides is 2. The molecule has 0 aromatic heterocycles. The Morgan fingerprint density at radius 1 is 1.03 bits per heavy atom. The molecule has 5 nitrogen and oxygen atoms in total. The summed E-state index contributed by atoms with van der Waals surface area (Å²) in [5.41, 5.74) is 2.83. The van der Waals surface area contributed by atoms with Gasteiger partial charge in [0, 0.05) is 0 Å². The molecule has 0 spiro atoms. The molecule has 6 heteroatoms. The van der Waals surface area contributed by atoms with Gasteiger partial charge in [0.2, 0.25) is 0 Å². The molecule has 4 rings (SSSR count). The number of benzene rings is 3. The molecule has 0 radical (unpaired) electrons. The summed E-state index contributed by atoms with van der Waals surface area (Å²) in [6.45, 7) is 2.02. The van der Waals surface area contributed by atoms with Crippen LogP contribution in [0.5, 0.6) is 11.5 Å². The Balaban J connectivity index is 1.88. The second-order valence-corrected chi connectivity index (χ2v) is 6.96. The molecule has 3 aromatic carbocycles. The third kappa shape index (κ3) is 3.76. The maximum atomic E-state index is 14.5. The van der Waals surface area contributed by atoms with Gasteiger partial charge in [-0.1, -0.05) is 60.7 Å². The van der Waals surface area contributed by atoms with Crippen molar-refractivity contribution < 1.29 is 19.0 Å². The second-order valence-electron chi connectivity index (χ2n) is 6.96. The lowest BCUT2D eigenvalue weighted by atomic mass is 9.80. The number of ether oxygens (including phenoxy) is 1. The zero-order valence-electron chi connectivity index (χ0n) is 16.4. The summed E-state index contributed by atoms with van der Waals surface area (Å²) in [5.74, 6) is -1.67. The number of urea groups is 1. The van der Waals surface area contributed by atoms with Gasteiger partial charge in [-0.3, -0.25) is 0 Å². The smallest absolute Gasteiger partial charge is 0.341 e. The molecule has 30 heavy (non-hydrogen) atoms. The van der Waals surface area contributed by atoms with E-state index in [0.717, 1.165) is 11.1 Å². The number of rotatable bonds is 5. The van der Waals surface area contributed by atoms with Crippen LogP contribution in [0, 0.1) is 5.82 Å². The standard InChI is InChI=1S/C24H21FN2O3/c1-2-30-19-14-17(13-18(25)23(19)28)22-20(15-9-5-3-6-10-15)21(26-24(29)27-22)16-11-7-4-8-12-16/h3-14,20,22,28H,2H2,1H3,(H,27,29). The van der Waals surface area contributed by atoms with Crippen molar-refractivity contribution in [3.8, 4) is 11.5 Å². The van der Waals surface area contributed by atoms with Gasteiger partial charge in [-0.25, -0.2) is 9.18 Å². The van der Waals surface area contributed by atoms with E-state index in [4.69, 9.17) is 4.74 Å². The van der Waals surface area contributed by atoms with E-state index in [9.17, 15) is 14.3 Å². The minimum atomic E-state index is -0.805. The molecule has 1 aliphatic heterocycles. The van der Waals surface area contributed by atoms with E-state index in [0.29, 0.717) is 11.3 Å². The highest BCUT2D eigenvalue weighted by atomic mass is 19.1. The number of aromatic hydroxyl groups is 1. The highest BCUT2D eigenvalue weighted by molar-refractivity contribution is 6.12. The first-order valence-electron chi connectivity index (χ1n) is 9.73. The van der Waals surface area contributed by atoms with Crippen LogP contribution in [0.25, 0.3) is 0 Å². The van der Waals surface area contributed by atoms with Crippen LogP contribution < -0.4 is 10.1 Å². The Bertz CT molecular complexity index is 1080. The summed E-state index contributed by atoms with van der Waals surface area (Å²) in [4.78, 5) is 16.8. The largest absolute Gasteiger partial charge is 0.502 e. The zero-order chi connectivity index (χ0) is 21.1. The van der Waals surface area contributed by atoms with Crippen molar-refractivity contribution in [1.29, 1.82) is 0 Å². The number of carbonyl (C=O) groups is 1. The van der Waals surface area contributed by atoms with E-state index in [-0.39, 0.29) is 18.3 Å². The SMILES string of the molecule is CCOc1cc(C2NC(=O)N=C(c3ccccc3)C2c2ccccc2)cc(F)c1O. The summed E-state index contributed by atoms with van der Waals surface area (Å²) in [7, 11) is 0. The molecule has 0 bridgehead atoms. The average molecular weight is 404 g/mol. The minimum absolute atomic E-state index is 0.0392. The molecule has 1 heterocycles. The molecule has 2 N–H and O–H groups in total. The fourth-order valence-electron chi connectivity index (χ4n) is 3.76. The Kier molecular flexibility index (Phi) is 5.48. The summed E-state index contributed by atoms with van der Waals surface area (Å²) in [6.07, 6.45) is 0. The summed E-state index contributed by atoms with van der Waals surface area (Å²) in [5, 5.41) is 12.9. The van der Waals surface area contributed by atoms with Gasteiger partial charge in [0.15, 0.2) is 17.3 Å². The molecule has 0 fully saturated rings. The number of phenolic OH excluding ortho intramolecular Hbond substituents is 1. The van der Waals surface area contributed by atoms with Crippen molar-refractivity contribution in [1.82, 2.24) is 5.32 Å². The van der Waals surface area contributed by atoms with Crippen LogP contribution in [-0.2, 0) is 0 Å². The third-order valence-electron chi connectivity index (χ3n) is 5.07. The van der Waals surface area contributed by atoms with Crippen molar-refractivity contribution in [3.63, 3.8) is 0 Å². The van der Waals surface area contributed by atoms with Crippen molar-refractivity contribution in [3.05, 3.63) is 95.3 Å². The van der Waals surface area contributed by atoms with Gasteiger partial charge in [0.1, 0.15) is 0 Å². The number of aliphatic imine (C=N–C) groups is 1. The molecular weight excluding hydrogens is 383 g/mol. The van der Waals surface area contributed by atoms with Crippen LogP contribution in [0.15, 0.2) is 77.8 Å². The molecule has 2 atom stereocenters. The lowest BCUT2D eigenvalue weighted by Gasteiger charge is -2.33. The van der Waals surface area contributed by atoms with Gasteiger partial charge in [-0.05, 0) is 35.7 Å². The summed E-state index contributed by atoms with van der Waals surface area (Å²) >= 11 is 0. The predicted octanol–water partition coefficient (Wildman–Crippen LogP) is 4.97. The number of hydrogen-bond donors (Lipinski definition) is 2. The van der Waals surface area contributed by atoms with E-state index in [1.807, 2.05) is 60.7 Å². The molecule has 0 saturated heterocycles. The fourth-order valence-corrected chi connectivity index (χ4v) is 3.76. The highest BCUT2D eigenvalue weighted by Gasteiger charge is 2.36. The molecule has 3 aromatic rings. The van der Waals surface area contributed by atoms with Gasteiger partial charge < -0.3 is 15.2 Å². The summed E-state index contributed by atoms with van der Waals surface area (Å²) < 4.78 is 19.9. The van der Waals surface area contributed by atoms with Crippen molar-refractivity contribution in [2.75, 3.05) is 6.61 Å². The number of halogens is 1. The van der Waals surface area contributed by atoms with Gasteiger partial charge in [-0.15, -0.1) is 0 Å². The lowest BCUT2D eigenvalue weighted by molar-refractivity contribution is 0.242. The normalized spacial score (nSPS) is 18.5. The molecule has 2 amide bonds. The highest BCUT2D eigenvalue weighted by Crippen LogP contribution is 2.40. The zero-order valence-corrected chi connectivity index (χ0v) is 16.4. The van der Waals surface area contributed by atoms with Crippen LogP contribution in [0.3, 0.4) is 0 Å². The minimum Gasteiger partial charge on any atom is -0.502 e. The number of nitrogens with one attached hydrogen (secondary N) is 1.